The third-order valence-electron chi connectivity index (χ3n) is 4.16. The van der Waals surface area contributed by atoms with Crippen molar-refractivity contribution in [3.05, 3.63) is 54.0 Å². The van der Waals surface area contributed by atoms with Gasteiger partial charge in [-0.15, -0.1) is 0 Å². The molecule has 0 saturated carbocycles. The molecular formula is C21H26N2O5. The van der Waals surface area contributed by atoms with Gasteiger partial charge in [-0.1, -0.05) is 39.8 Å². The van der Waals surface area contributed by atoms with Crippen LogP contribution < -0.4 is 10.6 Å². The molecular weight excluding hydrogens is 360 g/mol. The fraction of sp³-hybridized carbons (Fsp3) is 0.381. The summed E-state index contributed by atoms with van der Waals surface area (Å²) in [5.41, 5.74) is 1.79. The number of amides is 2. The van der Waals surface area contributed by atoms with Crippen LogP contribution in [0, 0.1) is 5.92 Å². The van der Waals surface area contributed by atoms with E-state index >= 15 is 0 Å². The van der Waals surface area contributed by atoms with Gasteiger partial charge in [0.05, 0.1) is 6.26 Å². The van der Waals surface area contributed by atoms with E-state index in [2.05, 4.69) is 24.5 Å². The van der Waals surface area contributed by atoms with Gasteiger partial charge >= 0.3 is 5.97 Å². The van der Waals surface area contributed by atoms with Crippen LogP contribution in [-0.4, -0.2) is 30.4 Å². The Hall–Kier alpha value is -3.09. The van der Waals surface area contributed by atoms with Crippen LogP contribution in [-0.2, 0) is 14.3 Å². The van der Waals surface area contributed by atoms with Gasteiger partial charge in [0.25, 0.3) is 11.8 Å². The van der Waals surface area contributed by atoms with E-state index in [0.717, 1.165) is 5.56 Å². The standard InChI is InChI=1S/C21H26N2O5/c1-13(2)15-7-9-16(10-8-15)22-18(24)12-28-21(26)19(14(3)4)23-20(25)17-6-5-11-27-17/h5-11,13-14,19H,12H2,1-4H3,(H,22,24)(H,23,25). The maximum atomic E-state index is 12.3. The summed E-state index contributed by atoms with van der Waals surface area (Å²) in [6.45, 7) is 7.27. The number of ether oxygens (including phenoxy) is 1. The maximum Gasteiger partial charge on any atom is 0.329 e. The van der Waals surface area contributed by atoms with Crippen molar-refractivity contribution in [3.8, 4) is 0 Å². The number of hydrogen-bond donors (Lipinski definition) is 2. The average molecular weight is 386 g/mol. The van der Waals surface area contributed by atoms with Crippen LogP contribution >= 0.6 is 0 Å². The maximum absolute atomic E-state index is 12.3. The highest BCUT2D eigenvalue weighted by Crippen LogP contribution is 2.17. The molecule has 0 aliphatic rings. The lowest BCUT2D eigenvalue weighted by Gasteiger charge is -2.20. The smallest absolute Gasteiger partial charge is 0.329 e. The molecule has 28 heavy (non-hydrogen) atoms. The van der Waals surface area contributed by atoms with Crippen molar-refractivity contribution in [3.63, 3.8) is 0 Å². The fourth-order valence-corrected chi connectivity index (χ4v) is 2.49. The Kier molecular flexibility index (Phi) is 7.37. The summed E-state index contributed by atoms with van der Waals surface area (Å²) in [5.74, 6) is -1.38. The quantitative estimate of drug-likeness (QED) is 0.678. The molecule has 7 nitrogen and oxygen atoms in total. The second kappa shape index (κ2) is 9.73. The highest BCUT2D eigenvalue weighted by atomic mass is 16.5. The molecule has 1 unspecified atom stereocenters. The minimum absolute atomic E-state index is 0.0982. The second-order valence-electron chi connectivity index (χ2n) is 7.11. The van der Waals surface area contributed by atoms with E-state index in [1.165, 1.54) is 12.3 Å². The van der Waals surface area contributed by atoms with Crippen molar-refractivity contribution < 1.29 is 23.5 Å². The number of furan rings is 1. The largest absolute Gasteiger partial charge is 0.459 e. The normalized spacial score (nSPS) is 11.9. The van der Waals surface area contributed by atoms with E-state index in [0.29, 0.717) is 11.6 Å². The van der Waals surface area contributed by atoms with Crippen molar-refractivity contribution in [1.82, 2.24) is 5.32 Å². The molecule has 150 valence electrons. The van der Waals surface area contributed by atoms with Gasteiger partial charge in [-0.3, -0.25) is 9.59 Å². The molecule has 2 N–H and O–H groups in total. The van der Waals surface area contributed by atoms with E-state index in [1.807, 2.05) is 12.1 Å². The third kappa shape index (κ3) is 5.97. The molecule has 2 amide bonds. The van der Waals surface area contributed by atoms with Crippen LogP contribution in [0.3, 0.4) is 0 Å². The summed E-state index contributed by atoms with van der Waals surface area (Å²) in [6, 6.07) is 9.66. The van der Waals surface area contributed by atoms with Crippen LogP contribution in [0.25, 0.3) is 0 Å². The summed E-state index contributed by atoms with van der Waals surface area (Å²) in [4.78, 5) is 36.5. The minimum atomic E-state index is -0.893. The lowest BCUT2D eigenvalue weighted by molar-refractivity contribution is -0.150. The molecule has 1 heterocycles. The van der Waals surface area contributed by atoms with E-state index in [1.54, 1.807) is 32.0 Å². The fourth-order valence-electron chi connectivity index (χ4n) is 2.49. The van der Waals surface area contributed by atoms with E-state index in [4.69, 9.17) is 9.15 Å². The van der Waals surface area contributed by atoms with Gasteiger partial charge in [-0.05, 0) is 41.7 Å². The monoisotopic (exact) mass is 386 g/mol. The predicted molar refractivity (Wildman–Crippen MR) is 105 cm³/mol. The summed E-state index contributed by atoms with van der Waals surface area (Å²) >= 11 is 0. The number of esters is 1. The van der Waals surface area contributed by atoms with Gasteiger partial charge in [0.1, 0.15) is 6.04 Å². The van der Waals surface area contributed by atoms with Gasteiger partial charge in [0.2, 0.25) is 0 Å². The van der Waals surface area contributed by atoms with Gasteiger partial charge in [0.15, 0.2) is 12.4 Å². The molecule has 0 radical (unpaired) electrons. The first kappa shape index (κ1) is 21.2. The van der Waals surface area contributed by atoms with Crippen molar-refractivity contribution in [2.45, 2.75) is 39.7 Å². The Bertz CT molecular complexity index is 795. The summed E-state index contributed by atoms with van der Waals surface area (Å²) in [7, 11) is 0. The van der Waals surface area contributed by atoms with Crippen molar-refractivity contribution >= 4 is 23.5 Å². The Morgan fingerprint density at radius 2 is 1.71 bits per heavy atom. The summed E-state index contributed by atoms with van der Waals surface area (Å²) < 4.78 is 10.1. The number of benzene rings is 1. The zero-order valence-corrected chi connectivity index (χ0v) is 16.5. The highest BCUT2D eigenvalue weighted by Gasteiger charge is 2.27. The molecule has 1 aromatic carbocycles. The van der Waals surface area contributed by atoms with Gasteiger partial charge < -0.3 is 19.8 Å². The SMILES string of the molecule is CC(C)c1ccc(NC(=O)COC(=O)C(NC(=O)c2ccco2)C(C)C)cc1. The first-order valence-corrected chi connectivity index (χ1v) is 9.18. The lowest BCUT2D eigenvalue weighted by atomic mass is 10.0. The van der Waals surface area contributed by atoms with Crippen LogP contribution in [0.4, 0.5) is 5.69 Å². The van der Waals surface area contributed by atoms with E-state index in [9.17, 15) is 14.4 Å². The molecule has 2 rings (SSSR count). The van der Waals surface area contributed by atoms with Crippen LogP contribution in [0.15, 0.2) is 47.1 Å². The molecule has 0 bridgehead atoms. The number of nitrogens with one attached hydrogen (secondary N) is 2. The first-order valence-electron chi connectivity index (χ1n) is 9.18. The molecule has 0 spiro atoms. The van der Waals surface area contributed by atoms with Crippen LogP contribution in [0.1, 0.15) is 49.7 Å². The number of carbonyl (C=O) groups excluding carboxylic acids is 3. The second-order valence-corrected chi connectivity index (χ2v) is 7.11. The average Bonchev–Trinajstić information content (AvgIpc) is 3.19. The van der Waals surface area contributed by atoms with E-state index in [-0.39, 0.29) is 11.7 Å². The summed E-state index contributed by atoms with van der Waals surface area (Å²) in [6.07, 6.45) is 1.37. The Labute approximate surface area is 164 Å². The molecule has 1 atom stereocenters. The molecule has 7 heteroatoms. The predicted octanol–water partition coefficient (Wildman–Crippen LogP) is 3.34. The topological polar surface area (TPSA) is 97.6 Å². The highest BCUT2D eigenvalue weighted by molar-refractivity contribution is 5.96. The number of anilines is 1. The zero-order valence-electron chi connectivity index (χ0n) is 16.5. The minimum Gasteiger partial charge on any atom is -0.459 e. The van der Waals surface area contributed by atoms with Gasteiger partial charge in [-0.2, -0.15) is 0 Å². The zero-order chi connectivity index (χ0) is 20.7. The Morgan fingerprint density at radius 3 is 2.25 bits per heavy atom. The van der Waals surface area contributed by atoms with Crippen LogP contribution in [0.5, 0.6) is 0 Å². The van der Waals surface area contributed by atoms with Crippen LogP contribution in [0.2, 0.25) is 0 Å². The van der Waals surface area contributed by atoms with Gasteiger partial charge in [-0.25, -0.2) is 4.79 Å². The van der Waals surface area contributed by atoms with Crippen molar-refractivity contribution in [2.24, 2.45) is 5.92 Å². The molecule has 0 fully saturated rings. The van der Waals surface area contributed by atoms with Crippen molar-refractivity contribution in [1.29, 1.82) is 0 Å². The summed E-state index contributed by atoms with van der Waals surface area (Å²) in [5, 5.41) is 5.25. The Morgan fingerprint density at radius 1 is 1.04 bits per heavy atom. The van der Waals surface area contributed by atoms with Crippen molar-refractivity contribution in [2.75, 3.05) is 11.9 Å². The van der Waals surface area contributed by atoms with E-state index < -0.39 is 30.4 Å². The Balaban J connectivity index is 1.87. The molecule has 0 aliphatic carbocycles. The number of rotatable bonds is 8. The molecule has 0 aliphatic heterocycles. The molecule has 2 aromatic rings. The molecule has 0 saturated heterocycles. The molecule has 1 aromatic heterocycles. The first-order chi connectivity index (χ1) is 13.3. The van der Waals surface area contributed by atoms with Gasteiger partial charge in [0, 0.05) is 5.69 Å². The third-order valence-corrected chi connectivity index (χ3v) is 4.16. The lowest BCUT2D eigenvalue weighted by Crippen LogP contribution is -2.45. The number of hydrogen-bond acceptors (Lipinski definition) is 5. The number of carbonyl (C=O) groups is 3.